The molecular weight excluding hydrogens is 777 g/mol. The van der Waals surface area contributed by atoms with Gasteiger partial charge in [0.25, 0.3) is 0 Å². The molecule has 2 bridgehead atoms. The minimum Gasteiger partial charge on any atom is -0.391 e. The lowest BCUT2D eigenvalue weighted by atomic mass is 9.94. The number of hydrogen-bond acceptors (Lipinski definition) is 10. The van der Waals surface area contributed by atoms with Gasteiger partial charge in [-0.2, -0.15) is 0 Å². The fourth-order valence-corrected chi connectivity index (χ4v) is 7.11. The summed E-state index contributed by atoms with van der Waals surface area (Å²) in [5, 5.41) is 40.0. The lowest BCUT2D eigenvalue weighted by Gasteiger charge is -2.32. The predicted molar refractivity (Wildman–Crippen MR) is 221 cm³/mol. The van der Waals surface area contributed by atoms with Crippen molar-refractivity contribution in [3.05, 3.63) is 35.9 Å². The fraction of sp³-hybridized carbons (Fsp3) is 0.667. The van der Waals surface area contributed by atoms with Gasteiger partial charge in [0, 0.05) is 19.5 Å². The Labute approximate surface area is 352 Å². The zero-order chi connectivity index (χ0) is 44.8. The predicted octanol–water partition coefficient (Wildman–Crippen LogP) is -0.984. The number of nitrogens with zero attached hydrogens (tertiary/aromatic N) is 1. The number of aliphatic hydroxyl groups is 2. The average molecular weight is 843 g/mol. The normalized spacial score (nSPS) is 28.5. The van der Waals surface area contributed by atoms with Crippen LogP contribution >= 0.6 is 0 Å². The van der Waals surface area contributed by atoms with E-state index >= 15 is 0 Å². The molecule has 9 N–H and O–H groups in total. The standard InChI is InChI=1S/C42H66N8O10/c1-9-22(4)31-38(56)44-29(19-27-15-13-12-14-16-27)37(55)48-34(25(7)51)41(59)47-32(23(5)10-2)39(57)46-33(24(6)11-3)40(58)49-35(26(8)52)42(60)50-18-17-28(21-50)36(54)43-20-30(53)45-31/h12-16,22-26,28-29,31-35,51-52H,9-11,17-21H2,1-8H3,(H,43,54)(H,44,56)(H,45,53)(H,46,57)(H,47,59)(H,48,55)(H,49,58)/t22-,23-,24-,25+,26+,28+,29-,31-,32-,33-,34-,35-/m0/s1. The Hall–Kier alpha value is -5.10. The summed E-state index contributed by atoms with van der Waals surface area (Å²) < 4.78 is 0. The van der Waals surface area contributed by atoms with Crippen LogP contribution in [0.15, 0.2) is 30.3 Å². The number of amides is 8. The second kappa shape index (κ2) is 23.0. The molecule has 18 nitrogen and oxygen atoms in total. The molecule has 0 aliphatic carbocycles. The van der Waals surface area contributed by atoms with E-state index in [9.17, 15) is 48.6 Å². The third kappa shape index (κ3) is 13.5. The molecule has 2 saturated heterocycles. The molecule has 18 heteroatoms. The molecule has 2 fully saturated rings. The number of rotatable bonds is 10. The van der Waals surface area contributed by atoms with Crippen LogP contribution in [0.25, 0.3) is 0 Å². The van der Waals surface area contributed by atoms with Crippen LogP contribution in [-0.2, 0) is 44.8 Å². The molecule has 0 unspecified atom stereocenters. The van der Waals surface area contributed by atoms with E-state index in [4.69, 9.17) is 0 Å². The molecule has 0 spiro atoms. The first kappa shape index (κ1) is 49.3. The fourth-order valence-electron chi connectivity index (χ4n) is 7.11. The first-order valence-corrected chi connectivity index (χ1v) is 21.1. The molecule has 0 radical (unpaired) electrons. The lowest BCUT2D eigenvalue weighted by Crippen LogP contribution is -2.63. The van der Waals surface area contributed by atoms with Crippen LogP contribution in [0.1, 0.15) is 86.6 Å². The van der Waals surface area contributed by atoms with Gasteiger partial charge in [0.1, 0.15) is 36.3 Å². The van der Waals surface area contributed by atoms with E-state index in [1.807, 2.05) is 6.92 Å². The highest BCUT2D eigenvalue weighted by Gasteiger charge is 2.40. The van der Waals surface area contributed by atoms with E-state index in [1.54, 1.807) is 65.0 Å². The summed E-state index contributed by atoms with van der Waals surface area (Å²) in [5.74, 6) is -7.89. The van der Waals surface area contributed by atoms with Crippen molar-refractivity contribution in [2.24, 2.45) is 23.7 Å². The van der Waals surface area contributed by atoms with E-state index in [0.29, 0.717) is 24.8 Å². The summed E-state index contributed by atoms with van der Waals surface area (Å²) in [6, 6.07) is 0.826. The van der Waals surface area contributed by atoms with Crippen molar-refractivity contribution in [1.82, 2.24) is 42.1 Å². The molecule has 60 heavy (non-hydrogen) atoms. The number of fused-ring (bicyclic) bond motifs is 2. The first-order valence-electron chi connectivity index (χ1n) is 21.1. The third-order valence-corrected chi connectivity index (χ3v) is 11.7. The summed E-state index contributed by atoms with van der Waals surface area (Å²) in [6.07, 6.45) is -1.36. The molecule has 2 heterocycles. The van der Waals surface area contributed by atoms with Gasteiger partial charge >= 0.3 is 0 Å². The number of carbonyl (C=O) groups is 8. The molecule has 1 aromatic rings. The van der Waals surface area contributed by atoms with Crippen LogP contribution in [0.4, 0.5) is 0 Å². The highest BCUT2D eigenvalue weighted by Crippen LogP contribution is 2.19. The van der Waals surface area contributed by atoms with Crippen LogP contribution in [-0.4, -0.2) is 130 Å². The minimum absolute atomic E-state index is 0.0302. The lowest BCUT2D eigenvalue weighted by molar-refractivity contribution is -0.140. The van der Waals surface area contributed by atoms with E-state index in [2.05, 4.69) is 37.2 Å². The summed E-state index contributed by atoms with van der Waals surface area (Å²) in [7, 11) is 0. The Morgan fingerprint density at radius 2 is 1.03 bits per heavy atom. The highest BCUT2D eigenvalue weighted by atomic mass is 16.3. The zero-order valence-electron chi connectivity index (χ0n) is 36.1. The zero-order valence-corrected chi connectivity index (χ0v) is 36.1. The highest BCUT2D eigenvalue weighted by molar-refractivity contribution is 5.98. The quantitative estimate of drug-likeness (QED) is 0.139. The molecule has 1 aromatic carbocycles. The van der Waals surface area contributed by atoms with Crippen LogP contribution in [0.2, 0.25) is 0 Å². The number of aliphatic hydroxyl groups excluding tert-OH is 2. The van der Waals surface area contributed by atoms with Gasteiger partial charge in [0.05, 0.1) is 24.7 Å². The molecule has 0 saturated carbocycles. The van der Waals surface area contributed by atoms with Crippen molar-refractivity contribution in [2.75, 3.05) is 19.6 Å². The number of hydrogen-bond donors (Lipinski definition) is 9. The Kier molecular flexibility index (Phi) is 18.9. The molecule has 8 amide bonds. The number of nitrogens with one attached hydrogen (secondary N) is 7. The summed E-state index contributed by atoms with van der Waals surface area (Å²) in [4.78, 5) is 111. The summed E-state index contributed by atoms with van der Waals surface area (Å²) in [5.41, 5.74) is 0.659. The van der Waals surface area contributed by atoms with Gasteiger partial charge in [-0.1, -0.05) is 91.1 Å². The Morgan fingerprint density at radius 1 is 0.583 bits per heavy atom. The maximum absolute atomic E-state index is 14.1. The monoisotopic (exact) mass is 842 g/mol. The molecule has 334 valence electrons. The summed E-state index contributed by atoms with van der Waals surface area (Å²) >= 11 is 0. The SMILES string of the molecule is CC[C@H](C)[C@@H]1NC(=O)CNC(=O)[C@@H]2CCN(C2)C(=O)[C@H]([C@@H](C)O)NC(=O)[C@H]([C@@H](C)CC)NC(=O)[C@H]([C@@H](C)CC)NC(=O)[C@H]([C@@H](C)O)NC(=O)[C@H](Cc2ccccc2)NC1=O. The van der Waals surface area contributed by atoms with E-state index < -0.39 is 126 Å². The van der Waals surface area contributed by atoms with E-state index in [1.165, 1.54) is 18.7 Å². The van der Waals surface area contributed by atoms with Crippen LogP contribution < -0.4 is 37.2 Å². The van der Waals surface area contributed by atoms with Crippen molar-refractivity contribution in [2.45, 2.75) is 136 Å². The van der Waals surface area contributed by atoms with Gasteiger partial charge in [-0.25, -0.2) is 0 Å². The molecule has 3 rings (SSSR count). The van der Waals surface area contributed by atoms with Gasteiger partial charge in [-0.15, -0.1) is 0 Å². The smallest absolute Gasteiger partial charge is 0.247 e. The van der Waals surface area contributed by atoms with Gasteiger partial charge in [-0.05, 0) is 43.6 Å². The second-order valence-corrected chi connectivity index (χ2v) is 16.4. The molecule has 0 aromatic heterocycles. The van der Waals surface area contributed by atoms with Crippen molar-refractivity contribution >= 4 is 47.3 Å². The Balaban J connectivity index is 2.08. The second-order valence-electron chi connectivity index (χ2n) is 16.4. The molecular formula is C42H66N8O10. The Bertz CT molecular complexity index is 1680. The van der Waals surface area contributed by atoms with Gasteiger partial charge < -0.3 is 52.3 Å². The number of benzene rings is 1. The maximum atomic E-state index is 14.1. The molecule has 2 aliphatic heterocycles. The Morgan fingerprint density at radius 3 is 1.53 bits per heavy atom. The largest absolute Gasteiger partial charge is 0.391 e. The van der Waals surface area contributed by atoms with Gasteiger partial charge in [0.2, 0.25) is 47.3 Å². The average Bonchev–Trinajstić information content (AvgIpc) is 3.73. The molecule has 12 atom stereocenters. The maximum Gasteiger partial charge on any atom is 0.247 e. The number of carbonyl (C=O) groups excluding carboxylic acids is 8. The van der Waals surface area contributed by atoms with E-state index in [-0.39, 0.29) is 25.9 Å². The van der Waals surface area contributed by atoms with Crippen LogP contribution in [0.3, 0.4) is 0 Å². The summed E-state index contributed by atoms with van der Waals surface area (Å²) in [6.45, 7) is 12.8. The molecule has 2 aliphatic rings. The topological polar surface area (TPSA) is 264 Å². The van der Waals surface area contributed by atoms with Gasteiger partial charge in [-0.3, -0.25) is 38.4 Å². The van der Waals surface area contributed by atoms with Crippen molar-refractivity contribution in [3.8, 4) is 0 Å². The minimum atomic E-state index is -1.60. The van der Waals surface area contributed by atoms with Crippen molar-refractivity contribution < 1.29 is 48.6 Å². The van der Waals surface area contributed by atoms with E-state index in [0.717, 1.165) is 0 Å². The van der Waals surface area contributed by atoms with Crippen LogP contribution in [0, 0.1) is 23.7 Å². The first-order chi connectivity index (χ1) is 28.3. The van der Waals surface area contributed by atoms with Gasteiger partial charge in [0.15, 0.2) is 0 Å². The van der Waals surface area contributed by atoms with Crippen molar-refractivity contribution in [3.63, 3.8) is 0 Å². The van der Waals surface area contributed by atoms with Crippen molar-refractivity contribution in [1.29, 1.82) is 0 Å². The van der Waals surface area contributed by atoms with Crippen LogP contribution in [0.5, 0.6) is 0 Å². The third-order valence-electron chi connectivity index (χ3n) is 11.7.